The molecule has 0 spiro atoms. The van der Waals surface area contributed by atoms with E-state index in [2.05, 4.69) is 19.6 Å². The maximum absolute atomic E-state index is 12.0. The van der Waals surface area contributed by atoms with Crippen molar-refractivity contribution in [3.05, 3.63) is 29.8 Å². The van der Waals surface area contributed by atoms with Crippen molar-refractivity contribution in [3.63, 3.8) is 0 Å². The van der Waals surface area contributed by atoms with Gasteiger partial charge in [-0.25, -0.2) is 0 Å². The van der Waals surface area contributed by atoms with Gasteiger partial charge in [0.15, 0.2) is 0 Å². The van der Waals surface area contributed by atoms with Crippen LogP contribution in [0.5, 0.6) is 0 Å². The number of aryl methyl sites for hydroxylation is 1. The van der Waals surface area contributed by atoms with Gasteiger partial charge in [0.1, 0.15) is 12.9 Å². The van der Waals surface area contributed by atoms with Crippen LogP contribution in [0.4, 0.5) is 0 Å². The molecule has 1 aromatic carbocycles. The predicted octanol–water partition coefficient (Wildman–Crippen LogP) is 2.39. The molecule has 0 saturated heterocycles. The Morgan fingerprint density at radius 2 is 1.71 bits per heavy atom. The summed E-state index contributed by atoms with van der Waals surface area (Å²) in [5, 5.41) is 9.73. The second-order valence-electron chi connectivity index (χ2n) is 6.91. The highest BCUT2D eigenvalue weighted by atomic mass is 32.2. The van der Waals surface area contributed by atoms with Gasteiger partial charge in [0.25, 0.3) is 10.1 Å². The Labute approximate surface area is 145 Å². The molecule has 0 radical (unpaired) electrons. The van der Waals surface area contributed by atoms with Crippen molar-refractivity contribution in [2.75, 3.05) is 26.6 Å². The zero-order valence-corrected chi connectivity index (χ0v) is 16.6. The van der Waals surface area contributed by atoms with Gasteiger partial charge in [-0.3, -0.25) is 4.18 Å². The van der Waals surface area contributed by atoms with Gasteiger partial charge in [-0.15, -0.1) is 0 Å². The number of aliphatic hydroxyl groups is 1. The fraction of sp³-hybridized carbons (Fsp3) is 0.625. The van der Waals surface area contributed by atoms with Crippen molar-refractivity contribution in [1.29, 1.82) is 0 Å². The number of rotatable bonds is 11. The summed E-state index contributed by atoms with van der Waals surface area (Å²) in [5.41, 5.74) is 0.955. The van der Waals surface area contributed by atoms with Crippen LogP contribution in [0, 0.1) is 6.92 Å². The molecule has 0 aromatic heterocycles. The van der Waals surface area contributed by atoms with Gasteiger partial charge >= 0.3 is 0 Å². The van der Waals surface area contributed by atoms with E-state index in [-0.39, 0.29) is 24.9 Å². The number of hydrogen-bond donors (Lipinski definition) is 1. The molecule has 6 nitrogen and oxygen atoms in total. The lowest BCUT2D eigenvalue weighted by atomic mass is 10.2. The zero-order valence-electron chi connectivity index (χ0n) is 14.8. The summed E-state index contributed by atoms with van der Waals surface area (Å²) in [6, 6.07) is 7.36. The molecule has 0 aliphatic heterocycles. The number of ether oxygens (including phenoxy) is 2. The Bertz CT molecular complexity index is 580. The van der Waals surface area contributed by atoms with Crippen LogP contribution in [0.25, 0.3) is 0 Å². The van der Waals surface area contributed by atoms with E-state index < -0.39 is 24.3 Å². The van der Waals surface area contributed by atoms with Crippen LogP contribution in [0.1, 0.15) is 5.56 Å². The Morgan fingerprint density at radius 3 is 2.29 bits per heavy atom. The topological polar surface area (TPSA) is 82.1 Å². The first-order valence-electron chi connectivity index (χ1n) is 7.90. The lowest BCUT2D eigenvalue weighted by molar-refractivity contribution is -0.0809. The second-order valence-corrected chi connectivity index (χ2v) is 14.1. The molecule has 0 heterocycles. The fourth-order valence-corrected chi connectivity index (χ4v) is 3.37. The van der Waals surface area contributed by atoms with Crippen LogP contribution in [-0.4, -0.2) is 54.3 Å². The lowest BCUT2D eigenvalue weighted by Crippen LogP contribution is -2.25. The Hall–Kier alpha value is -0.773. The van der Waals surface area contributed by atoms with E-state index in [0.29, 0.717) is 6.61 Å². The second kappa shape index (κ2) is 9.64. The molecular weight excluding hydrogens is 348 g/mol. The number of hydrogen-bond acceptors (Lipinski definition) is 6. The van der Waals surface area contributed by atoms with Crippen molar-refractivity contribution < 1.29 is 27.2 Å². The molecule has 0 fully saturated rings. The summed E-state index contributed by atoms with van der Waals surface area (Å²) >= 11 is 0. The van der Waals surface area contributed by atoms with Crippen LogP contribution in [0.15, 0.2) is 29.2 Å². The normalized spacial score (nSPS) is 13.9. The third-order valence-electron chi connectivity index (χ3n) is 3.20. The van der Waals surface area contributed by atoms with Gasteiger partial charge in [0.2, 0.25) is 0 Å². The zero-order chi connectivity index (χ0) is 18.2. The molecule has 0 aliphatic rings. The standard InChI is InChI=1S/C16H28O6SSi/c1-14-5-7-16(8-6-14)23(18,19)22-12-15(17)11-21-13-20-9-10-24(2,3)4/h5-8,15,17H,9-13H2,1-4H3/t15-/m0/s1. The first kappa shape index (κ1) is 21.3. The molecule has 8 heteroatoms. The molecule has 138 valence electrons. The van der Waals surface area contributed by atoms with Crippen molar-refractivity contribution >= 4 is 18.2 Å². The van der Waals surface area contributed by atoms with Gasteiger partial charge in [0, 0.05) is 14.7 Å². The average molecular weight is 377 g/mol. The molecule has 0 saturated carbocycles. The maximum atomic E-state index is 12.0. The van der Waals surface area contributed by atoms with E-state index in [4.69, 9.17) is 13.7 Å². The molecule has 0 aliphatic carbocycles. The highest BCUT2D eigenvalue weighted by Crippen LogP contribution is 2.13. The highest BCUT2D eigenvalue weighted by Gasteiger charge is 2.17. The van der Waals surface area contributed by atoms with Crippen molar-refractivity contribution in [2.45, 2.75) is 43.6 Å². The minimum atomic E-state index is -3.87. The predicted molar refractivity (Wildman–Crippen MR) is 95.2 cm³/mol. The monoisotopic (exact) mass is 376 g/mol. The molecule has 0 unspecified atom stereocenters. The third kappa shape index (κ3) is 8.91. The van der Waals surface area contributed by atoms with Crippen LogP contribution >= 0.6 is 0 Å². The van der Waals surface area contributed by atoms with Crippen molar-refractivity contribution in [3.8, 4) is 0 Å². The molecule has 1 N–H and O–H groups in total. The van der Waals surface area contributed by atoms with Gasteiger partial charge in [-0.2, -0.15) is 8.42 Å². The minimum Gasteiger partial charge on any atom is -0.388 e. The summed E-state index contributed by atoms with van der Waals surface area (Å²) in [6.07, 6.45) is -1.04. The first-order chi connectivity index (χ1) is 11.1. The molecule has 0 amide bonds. The Kier molecular flexibility index (Phi) is 8.55. The minimum absolute atomic E-state index is 0.0453. The van der Waals surface area contributed by atoms with Gasteiger partial charge < -0.3 is 14.6 Å². The van der Waals surface area contributed by atoms with E-state index in [9.17, 15) is 13.5 Å². The Morgan fingerprint density at radius 1 is 1.08 bits per heavy atom. The van der Waals surface area contributed by atoms with Crippen molar-refractivity contribution in [1.82, 2.24) is 0 Å². The quantitative estimate of drug-likeness (QED) is 0.276. The summed E-state index contributed by atoms with van der Waals surface area (Å²) < 4.78 is 39.3. The summed E-state index contributed by atoms with van der Waals surface area (Å²) in [5.74, 6) is 0. The number of aliphatic hydroxyl groups excluding tert-OH is 1. The molecule has 0 bridgehead atoms. The summed E-state index contributed by atoms with van der Waals surface area (Å²) in [6.45, 7) is 8.94. The van der Waals surface area contributed by atoms with Gasteiger partial charge in [-0.05, 0) is 25.1 Å². The number of benzene rings is 1. The summed E-state index contributed by atoms with van der Waals surface area (Å²) in [4.78, 5) is 0.0656. The summed E-state index contributed by atoms with van der Waals surface area (Å²) in [7, 11) is -5.00. The lowest BCUT2D eigenvalue weighted by Gasteiger charge is -2.16. The van der Waals surface area contributed by atoms with E-state index in [0.717, 1.165) is 11.6 Å². The van der Waals surface area contributed by atoms with Crippen LogP contribution in [-0.2, 0) is 23.8 Å². The van der Waals surface area contributed by atoms with E-state index in [1.54, 1.807) is 12.1 Å². The fourth-order valence-electron chi connectivity index (χ4n) is 1.67. The smallest absolute Gasteiger partial charge is 0.297 e. The van der Waals surface area contributed by atoms with Crippen LogP contribution in [0.2, 0.25) is 25.7 Å². The van der Waals surface area contributed by atoms with E-state index in [1.165, 1.54) is 12.1 Å². The molecule has 1 atom stereocenters. The molecule has 24 heavy (non-hydrogen) atoms. The third-order valence-corrected chi connectivity index (χ3v) is 6.20. The van der Waals surface area contributed by atoms with E-state index in [1.807, 2.05) is 6.92 Å². The Balaban J connectivity index is 2.23. The van der Waals surface area contributed by atoms with Gasteiger partial charge in [-0.1, -0.05) is 37.3 Å². The SMILES string of the molecule is Cc1ccc(S(=O)(=O)OC[C@@H](O)COCOCC[Si](C)(C)C)cc1. The highest BCUT2D eigenvalue weighted by molar-refractivity contribution is 7.86. The molecule has 1 aromatic rings. The molecular formula is C16H28O6SSi. The van der Waals surface area contributed by atoms with E-state index >= 15 is 0 Å². The molecule has 1 rings (SSSR count). The first-order valence-corrected chi connectivity index (χ1v) is 13.0. The van der Waals surface area contributed by atoms with Crippen LogP contribution in [0.3, 0.4) is 0 Å². The largest absolute Gasteiger partial charge is 0.388 e. The maximum Gasteiger partial charge on any atom is 0.297 e. The average Bonchev–Trinajstić information content (AvgIpc) is 2.48. The van der Waals surface area contributed by atoms with Crippen molar-refractivity contribution in [2.24, 2.45) is 0 Å². The van der Waals surface area contributed by atoms with Crippen LogP contribution < -0.4 is 0 Å². The van der Waals surface area contributed by atoms with Gasteiger partial charge in [0.05, 0.1) is 18.1 Å².